The van der Waals surface area contributed by atoms with Gasteiger partial charge in [0.1, 0.15) is 5.82 Å². The normalized spacial score (nSPS) is 18.1. The molecule has 0 aromatic heterocycles. The number of nitrogens with one attached hydrogen (secondary N) is 2. The Morgan fingerprint density at radius 1 is 1.33 bits per heavy atom. The van der Waals surface area contributed by atoms with Gasteiger partial charge in [-0.2, -0.15) is 0 Å². The van der Waals surface area contributed by atoms with Crippen molar-refractivity contribution < 1.29 is 9.13 Å². The first-order valence-electron chi connectivity index (χ1n) is 9.62. The number of benzene rings is 1. The maximum absolute atomic E-state index is 13.7. The third-order valence-corrected chi connectivity index (χ3v) is 5.01. The van der Waals surface area contributed by atoms with Crippen molar-refractivity contribution in [2.75, 3.05) is 33.8 Å². The van der Waals surface area contributed by atoms with E-state index in [-0.39, 0.29) is 36.4 Å². The van der Waals surface area contributed by atoms with Crippen LogP contribution in [-0.4, -0.2) is 50.7 Å². The molecule has 27 heavy (non-hydrogen) atoms. The summed E-state index contributed by atoms with van der Waals surface area (Å²) in [4.78, 5) is 6.86. The van der Waals surface area contributed by atoms with Gasteiger partial charge in [-0.15, -0.1) is 24.0 Å². The van der Waals surface area contributed by atoms with Crippen molar-refractivity contribution >= 4 is 29.9 Å². The number of likely N-dealkylation sites (tertiary alicyclic amines) is 1. The lowest BCUT2D eigenvalue weighted by molar-refractivity contribution is 0.147. The van der Waals surface area contributed by atoms with Crippen molar-refractivity contribution in [1.29, 1.82) is 0 Å². The maximum atomic E-state index is 13.7. The summed E-state index contributed by atoms with van der Waals surface area (Å²) in [5.41, 5.74) is 1.58. The van der Waals surface area contributed by atoms with E-state index in [0.717, 1.165) is 30.7 Å². The van der Waals surface area contributed by atoms with Crippen LogP contribution in [0.1, 0.15) is 43.7 Å². The van der Waals surface area contributed by atoms with Crippen molar-refractivity contribution in [2.24, 2.45) is 4.99 Å². The van der Waals surface area contributed by atoms with Gasteiger partial charge < -0.3 is 15.4 Å². The van der Waals surface area contributed by atoms with Crippen molar-refractivity contribution in [3.05, 3.63) is 35.1 Å². The molecule has 0 radical (unpaired) electrons. The Morgan fingerprint density at radius 2 is 2.15 bits per heavy atom. The van der Waals surface area contributed by atoms with Crippen LogP contribution < -0.4 is 10.6 Å². The molecule has 1 fully saturated rings. The number of piperidine rings is 1. The molecule has 0 amide bonds. The molecule has 2 N–H and O–H groups in total. The van der Waals surface area contributed by atoms with Gasteiger partial charge in [0, 0.05) is 45.4 Å². The first-order chi connectivity index (χ1) is 12.7. The molecule has 0 spiro atoms. The van der Waals surface area contributed by atoms with Crippen molar-refractivity contribution in [3.63, 3.8) is 0 Å². The number of hydrogen-bond acceptors (Lipinski definition) is 3. The van der Waals surface area contributed by atoms with Crippen LogP contribution in [0.3, 0.4) is 0 Å². The molecule has 1 saturated heterocycles. The number of hydrogen-bond donors (Lipinski definition) is 2. The predicted octanol–water partition coefficient (Wildman–Crippen LogP) is 3.52. The predicted molar refractivity (Wildman–Crippen MR) is 120 cm³/mol. The van der Waals surface area contributed by atoms with Gasteiger partial charge in [-0.3, -0.25) is 9.89 Å². The highest BCUT2D eigenvalue weighted by Gasteiger charge is 2.19. The Labute approximate surface area is 180 Å². The number of nitrogens with zero attached hydrogens (tertiary/aromatic N) is 2. The van der Waals surface area contributed by atoms with E-state index < -0.39 is 0 Å². The van der Waals surface area contributed by atoms with Gasteiger partial charge in [-0.25, -0.2) is 4.39 Å². The molecule has 1 aromatic rings. The van der Waals surface area contributed by atoms with E-state index in [2.05, 4.69) is 27.4 Å². The summed E-state index contributed by atoms with van der Waals surface area (Å²) >= 11 is 0. The van der Waals surface area contributed by atoms with E-state index in [4.69, 9.17) is 4.74 Å². The highest BCUT2D eigenvalue weighted by atomic mass is 127. The van der Waals surface area contributed by atoms with Crippen LogP contribution in [0.25, 0.3) is 0 Å². The summed E-state index contributed by atoms with van der Waals surface area (Å²) in [5.74, 6) is 0.540. The summed E-state index contributed by atoms with van der Waals surface area (Å²) in [6.07, 6.45) is 5.20. The molecule has 1 atom stereocenters. The summed E-state index contributed by atoms with van der Waals surface area (Å²) in [6, 6.07) is 5.83. The molecule has 7 heteroatoms. The van der Waals surface area contributed by atoms with E-state index in [9.17, 15) is 4.39 Å². The lowest BCUT2D eigenvalue weighted by Crippen LogP contribution is -2.45. The van der Waals surface area contributed by atoms with Gasteiger partial charge in [0.2, 0.25) is 0 Å². The molecule has 1 aliphatic heterocycles. The minimum atomic E-state index is -0.231. The van der Waals surface area contributed by atoms with Crippen LogP contribution in [0.4, 0.5) is 4.39 Å². The van der Waals surface area contributed by atoms with Gasteiger partial charge in [0.25, 0.3) is 0 Å². The van der Waals surface area contributed by atoms with Gasteiger partial charge in [0.05, 0.1) is 6.61 Å². The number of ether oxygens (including phenoxy) is 1. The fourth-order valence-electron chi connectivity index (χ4n) is 3.55. The Bertz CT molecular complexity index is 585. The standard InChI is InChI=1S/C20H33FN4O.HI/c1-4-18-7-5-6-11-25(18)12-10-23-20(22-2)24-14-16-8-9-19(21)17(13-16)15-26-3;/h8-9,13,18H,4-7,10-12,14-15H2,1-3H3,(H2,22,23,24);1H. The molecule has 0 aliphatic carbocycles. The quantitative estimate of drug-likeness (QED) is 0.331. The molecule has 0 bridgehead atoms. The minimum Gasteiger partial charge on any atom is -0.380 e. The molecule has 1 heterocycles. The smallest absolute Gasteiger partial charge is 0.191 e. The van der Waals surface area contributed by atoms with E-state index in [1.807, 2.05) is 6.07 Å². The fraction of sp³-hybridized carbons (Fsp3) is 0.650. The molecule has 1 unspecified atom stereocenters. The number of methoxy groups -OCH3 is 1. The van der Waals surface area contributed by atoms with Crippen LogP contribution in [-0.2, 0) is 17.9 Å². The number of guanidine groups is 1. The van der Waals surface area contributed by atoms with Crippen LogP contribution in [0.15, 0.2) is 23.2 Å². The van der Waals surface area contributed by atoms with Crippen molar-refractivity contribution in [3.8, 4) is 0 Å². The van der Waals surface area contributed by atoms with E-state index in [1.54, 1.807) is 20.2 Å². The third-order valence-electron chi connectivity index (χ3n) is 5.01. The average Bonchev–Trinajstić information content (AvgIpc) is 2.67. The maximum Gasteiger partial charge on any atom is 0.191 e. The van der Waals surface area contributed by atoms with E-state index in [1.165, 1.54) is 38.3 Å². The zero-order chi connectivity index (χ0) is 18.8. The Kier molecular flexibility index (Phi) is 11.9. The third kappa shape index (κ3) is 7.91. The molecule has 154 valence electrons. The Hall–Kier alpha value is -0.930. The summed E-state index contributed by atoms with van der Waals surface area (Å²) < 4.78 is 18.7. The fourth-order valence-corrected chi connectivity index (χ4v) is 3.55. The number of rotatable bonds is 8. The highest BCUT2D eigenvalue weighted by Crippen LogP contribution is 2.18. The molecule has 2 rings (SSSR count). The van der Waals surface area contributed by atoms with Gasteiger partial charge in [0.15, 0.2) is 5.96 Å². The van der Waals surface area contributed by atoms with Crippen LogP contribution in [0, 0.1) is 5.82 Å². The molecular formula is C20H34FIN4O. The topological polar surface area (TPSA) is 48.9 Å². The van der Waals surface area contributed by atoms with Gasteiger partial charge in [-0.1, -0.05) is 19.4 Å². The first kappa shape index (κ1) is 24.1. The number of halogens is 2. The molecule has 1 aliphatic rings. The highest BCUT2D eigenvalue weighted by molar-refractivity contribution is 14.0. The second kappa shape index (κ2) is 13.3. The zero-order valence-corrected chi connectivity index (χ0v) is 19.1. The largest absolute Gasteiger partial charge is 0.380 e. The monoisotopic (exact) mass is 492 g/mol. The van der Waals surface area contributed by atoms with Crippen molar-refractivity contribution in [1.82, 2.24) is 15.5 Å². The molecule has 1 aromatic carbocycles. The summed E-state index contributed by atoms with van der Waals surface area (Å²) in [7, 11) is 3.34. The van der Waals surface area contributed by atoms with E-state index in [0.29, 0.717) is 12.1 Å². The summed E-state index contributed by atoms with van der Waals surface area (Å²) in [5, 5.41) is 6.68. The first-order valence-corrected chi connectivity index (χ1v) is 9.62. The second-order valence-corrected chi connectivity index (χ2v) is 6.81. The average molecular weight is 492 g/mol. The lowest BCUT2D eigenvalue weighted by Gasteiger charge is -2.35. The zero-order valence-electron chi connectivity index (χ0n) is 16.8. The molecule has 5 nitrogen and oxygen atoms in total. The minimum absolute atomic E-state index is 0. The van der Waals surface area contributed by atoms with Crippen molar-refractivity contribution in [2.45, 2.75) is 51.8 Å². The molecular weight excluding hydrogens is 458 g/mol. The SMILES string of the molecule is CCC1CCCCN1CCNC(=NC)NCc1ccc(F)c(COC)c1.I. The summed E-state index contributed by atoms with van der Waals surface area (Å²) in [6.45, 7) is 6.25. The lowest BCUT2D eigenvalue weighted by atomic mass is 10.0. The van der Waals surface area contributed by atoms with Gasteiger partial charge in [-0.05, 0) is 43.5 Å². The number of aliphatic imine (C=N–C) groups is 1. The Balaban J connectivity index is 0.00000364. The Morgan fingerprint density at radius 3 is 2.85 bits per heavy atom. The molecule has 0 saturated carbocycles. The van der Waals surface area contributed by atoms with Gasteiger partial charge >= 0.3 is 0 Å². The second-order valence-electron chi connectivity index (χ2n) is 6.81. The van der Waals surface area contributed by atoms with Crippen LogP contribution in [0.2, 0.25) is 0 Å². The van der Waals surface area contributed by atoms with E-state index >= 15 is 0 Å². The van der Waals surface area contributed by atoms with Crippen LogP contribution in [0.5, 0.6) is 0 Å². The van der Waals surface area contributed by atoms with Crippen LogP contribution >= 0.6 is 24.0 Å².